The first-order valence-electron chi connectivity index (χ1n) is 7.18. The number of piperazine rings is 1. The molecule has 0 spiro atoms. The Morgan fingerprint density at radius 2 is 1.28 bits per heavy atom. The van der Waals surface area contributed by atoms with Crippen LogP contribution in [0.5, 0.6) is 0 Å². The van der Waals surface area contributed by atoms with Crippen LogP contribution in [0.2, 0.25) is 0 Å². The number of rotatable bonds is 4. The third kappa shape index (κ3) is 7.34. The maximum Gasteiger partial charge on any atom is 0.0991 e. The summed E-state index contributed by atoms with van der Waals surface area (Å²) in [6.07, 6.45) is 0. The van der Waals surface area contributed by atoms with E-state index in [1.54, 1.807) is 0 Å². The molecule has 0 amide bonds. The molecule has 0 radical (unpaired) electrons. The second-order valence-corrected chi connectivity index (χ2v) is 7.99. The molecule has 0 aromatic carbocycles. The second kappa shape index (κ2) is 6.36. The van der Waals surface area contributed by atoms with E-state index in [2.05, 4.69) is 51.3 Å². The predicted octanol–water partition coefficient (Wildman–Crippen LogP) is 2.67. The summed E-state index contributed by atoms with van der Waals surface area (Å²) in [6, 6.07) is 0. The van der Waals surface area contributed by atoms with Crippen molar-refractivity contribution in [1.82, 2.24) is 9.80 Å². The number of hydrogen-bond acceptors (Lipinski definition) is 3. The predicted molar refractivity (Wildman–Crippen MR) is 77.7 cm³/mol. The fourth-order valence-electron chi connectivity index (χ4n) is 2.23. The number of ether oxygens (including phenoxy) is 1. The molecule has 0 N–H and O–H groups in total. The molecule has 0 aromatic rings. The zero-order valence-electron chi connectivity index (χ0n) is 13.3. The van der Waals surface area contributed by atoms with Gasteiger partial charge in [0.1, 0.15) is 0 Å². The van der Waals surface area contributed by atoms with Gasteiger partial charge in [-0.2, -0.15) is 0 Å². The molecule has 0 aromatic heterocycles. The summed E-state index contributed by atoms with van der Waals surface area (Å²) in [5, 5.41) is 0. The van der Waals surface area contributed by atoms with Crippen molar-refractivity contribution in [2.45, 2.75) is 41.5 Å². The smallest absolute Gasteiger partial charge is 0.0991 e. The molecule has 0 aliphatic carbocycles. The van der Waals surface area contributed by atoms with Crippen LogP contribution in [-0.2, 0) is 4.74 Å². The third-order valence-corrected chi connectivity index (χ3v) is 2.97. The molecule has 0 atom stereocenters. The molecule has 3 nitrogen and oxygen atoms in total. The minimum atomic E-state index is 0.272. The SMILES string of the molecule is CC(C)(C)COCN1CCN(CC(C)(C)C)CC1. The van der Waals surface area contributed by atoms with Gasteiger partial charge >= 0.3 is 0 Å². The maximum atomic E-state index is 5.78. The van der Waals surface area contributed by atoms with Gasteiger partial charge in [0.25, 0.3) is 0 Å². The van der Waals surface area contributed by atoms with E-state index in [0.29, 0.717) is 5.41 Å². The fraction of sp³-hybridized carbons (Fsp3) is 1.00. The Labute approximate surface area is 113 Å². The highest BCUT2D eigenvalue weighted by Gasteiger charge is 2.21. The molecule has 3 heteroatoms. The van der Waals surface area contributed by atoms with Crippen molar-refractivity contribution in [1.29, 1.82) is 0 Å². The van der Waals surface area contributed by atoms with E-state index in [4.69, 9.17) is 4.74 Å². The van der Waals surface area contributed by atoms with Crippen LogP contribution in [-0.4, -0.2) is 55.9 Å². The molecule has 1 rings (SSSR count). The zero-order valence-corrected chi connectivity index (χ0v) is 13.3. The van der Waals surface area contributed by atoms with Crippen molar-refractivity contribution in [2.24, 2.45) is 10.8 Å². The van der Waals surface area contributed by atoms with Crippen LogP contribution in [0.3, 0.4) is 0 Å². The van der Waals surface area contributed by atoms with Crippen LogP contribution in [0, 0.1) is 10.8 Å². The van der Waals surface area contributed by atoms with Crippen LogP contribution in [0.25, 0.3) is 0 Å². The lowest BCUT2D eigenvalue weighted by Gasteiger charge is -2.37. The Morgan fingerprint density at radius 3 is 1.72 bits per heavy atom. The summed E-state index contributed by atoms with van der Waals surface area (Å²) in [4.78, 5) is 4.99. The second-order valence-electron chi connectivity index (χ2n) is 7.99. The third-order valence-electron chi connectivity index (χ3n) is 2.97. The number of hydrogen-bond donors (Lipinski definition) is 0. The summed E-state index contributed by atoms with van der Waals surface area (Å²) in [5.41, 5.74) is 0.680. The molecule has 1 fully saturated rings. The minimum absolute atomic E-state index is 0.272. The van der Waals surface area contributed by atoms with Crippen LogP contribution >= 0.6 is 0 Å². The molecule has 1 saturated heterocycles. The average Bonchev–Trinajstić information content (AvgIpc) is 2.16. The maximum absolute atomic E-state index is 5.78. The van der Waals surface area contributed by atoms with Gasteiger partial charge in [-0.25, -0.2) is 0 Å². The van der Waals surface area contributed by atoms with Crippen LogP contribution in [0.15, 0.2) is 0 Å². The molecule has 18 heavy (non-hydrogen) atoms. The molecule has 1 aliphatic rings. The largest absolute Gasteiger partial charge is 0.366 e. The van der Waals surface area contributed by atoms with Crippen molar-refractivity contribution in [3.63, 3.8) is 0 Å². The van der Waals surface area contributed by atoms with Crippen LogP contribution < -0.4 is 0 Å². The Hall–Kier alpha value is -0.120. The molecule has 0 unspecified atom stereocenters. The standard InChI is InChI=1S/C15H32N2O/c1-14(2,3)11-16-7-9-17(10-8-16)13-18-12-15(4,5)6/h7-13H2,1-6H3. The Morgan fingerprint density at radius 1 is 0.778 bits per heavy atom. The van der Waals surface area contributed by atoms with Gasteiger partial charge in [-0.1, -0.05) is 41.5 Å². The topological polar surface area (TPSA) is 15.7 Å². The van der Waals surface area contributed by atoms with E-state index in [-0.39, 0.29) is 5.41 Å². The Kier molecular flexibility index (Phi) is 5.63. The van der Waals surface area contributed by atoms with Gasteiger partial charge in [0, 0.05) is 32.7 Å². The van der Waals surface area contributed by atoms with Crippen molar-refractivity contribution < 1.29 is 4.74 Å². The van der Waals surface area contributed by atoms with E-state index in [0.717, 1.165) is 26.4 Å². The minimum Gasteiger partial charge on any atom is -0.366 e. The molecule has 1 heterocycles. The Bertz CT molecular complexity index is 232. The normalized spacial score (nSPS) is 20.3. The quantitative estimate of drug-likeness (QED) is 0.769. The average molecular weight is 256 g/mol. The van der Waals surface area contributed by atoms with Gasteiger partial charge < -0.3 is 9.64 Å². The van der Waals surface area contributed by atoms with Crippen molar-refractivity contribution in [2.75, 3.05) is 46.1 Å². The molecule has 0 saturated carbocycles. The molecule has 108 valence electrons. The van der Waals surface area contributed by atoms with E-state index >= 15 is 0 Å². The van der Waals surface area contributed by atoms with Gasteiger partial charge in [-0.3, -0.25) is 4.90 Å². The zero-order chi connectivity index (χ0) is 13.8. The highest BCUT2D eigenvalue weighted by molar-refractivity contribution is 4.75. The van der Waals surface area contributed by atoms with Crippen LogP contribution in [0.4, 0.5) is 0 Å². The van der Waals surface area contributed by atoms with E-state index < -0.39 is 0 Å². The van der Waals surface area contributed by atoms with Gasteiger partial charge in [0.05, 0.1) is 13.3 Å². The highest BCUT2D eigenvalue weighted by atomic mass is 16.5. The molecular weight excluding hydrogens is 224 g/mol. The first-order valence-corrected chi connectivity index (χ1v) is 7.18. The summed E-state index contributed by atoms with van der Waals surface area (Å²) in [7, 11) is 0. The summed E-state index contributed by atoms with van der Waals surface area (Å²) < 4.78 is 5.78. The molecule has 1 aliphatic heterocycles. The first kappa shape index (κ1) is 15.9. The van der Waals surface area contributed by atoms with Gasteiger partial charge in [0.2, 0.25) is 0 Å². The van der Waals surface area contributed by atoms with Crippen molar-refractivity contribution in [3.05, 3.63) is 0 Å². The van der Waals surface area contributed by atoms with E-state index in [9.17, 15) is 0 Å². The lowest BCUT2D eigenvalue weighted by Crippen LogP contribution is -2.49. The molecular formula is C15H32N2O. The number of nitrogens with zero attached hydrogens (tertiary/aromatic N) is 2. The van der Waals surface area contributed by atoms with Gasteiger partial charge in [-0.05, 0) is 10.8 Å². The highest BCUT2D eigenvalue weighted by Crippen LogP contribution is 2.17. The summed E-state index contributed by atoms with van der Waals surface area (Å²) >= 11 is 0. The van der Waals surface area contributed by atoms with Gasteiger partial charge in [-0.15, -0.1) is 0 Å². The van der Waals surface area contributed by atoms with E-state index in [1.165, 1.54) is 19.6 Å². The summed E-state index contributed by atoms with van der Waals surface area (Å²) in [5.74, 6) is 0. The van der Waals surface area contributed by atoms with Crippen LogP contribution in [0.1, 0.15) is 41.5 Å². The molecule has 0 bridgehead atoms. The fourth-order valence-corrected chi connectivity index (χ4v) is 2.23. The van der Waals surface area contributed by atoms with Crippen molar-refractivity contribution >= 4 is 0 Å². The van der Waals surface area contributed by atoms with E-state index in [1.807, 2.05) is 0 Å². The lowest BCUT2D eigenvalue weighted by molar-refractivity contribution is -0.0259. The summed E-state index contributed by atoms with van der Waals surface area (Å²) in [6.45, 7) is 21.0. The Balaban J connectivity index is 2.16. The van der Waals surface area contributed by atoms with Crippen molar-refractivity contribution in [3.8, 4) is 0 Å². The monoisotopic (exact) mass is 256 g/mol. The lowest BCUT2D eigenvalue weighted by atomic mass is 9.96. The van der Waals surface area contributed by atoms with Gasteiger partial charge in [0.15, 0.2) is 0 Å². The first-order chi connectivity index (χ1) is 8.16.